The first-order valence-electron chi connectivity index (χ1n) is 13.8. The van der Waals surface area contributed by atoms with E-state index in [-0.39, 0.29) is 5.97 Å². The third-order valence-corrected chi connectivity index (χ3v) is 7.41. The average molecular weight is 562 g/mol. The number of nitrogens with one attached hydrogen (secondary N) is 3. The van der Waals surface area contributed by atoms with E-state index in [2.05, 4.69) is 47.1 Å². The number of ether oxygens (including phenoxy) is 1. The van der Waals surface area contributed by atoms with Gasteiger partial charge < -0.3 is 15.0 Å². The molecule has 3 aromatic carbocycles. The third kappa shape index (κ3) is 7.96. The van der Waals surface area contributed by atoms with Crippen molar-refractivity contribution in [3.8, 4) is 11.3 Å². The molecule has 0 aliphatic rings. The predicted molar refractivity (Wildman–Crippen MR) is 164 cm³/mol. The van der Waals surface area contributed by atoms with E-state index in [1.165, 1.54) is 22.3 Å². The van der Waals surface area contributed by atoms with Gasteiger partial charge in [0, 0.05) is 22.3 Å². The molecule has 4 aromatic rings. The number of H-pyrrole nitrogens is 1. The van der Waals surface area contributed by atoms with Gasteiger partial charge in [0.05, 0.1) is 18.4 Å². The molecule has 0 fully saturated rings. The van der Waals surface area contributed by atoms with E-state index < -0.39 is 10.0 Å². The van der Waals surface area contributed by atoms with E-state index in [9.17, 15) is 13.2 Å². The zero-order valence-electron chi connectivity index (χ0n) is 23.8. The summed E-state index contributed by atoms with van der Waals surface area (Å²) in [5.74, 6) is -0.302. The monoisotopic (exact) mass is 561 g/mol. The maximum absolute atomic E-state index is 12.4. The number of carbonyl (C=O) groups is 1. The molecule has 0 atom stereocenters. The number of rotatable bonds is 13. The summed E-state index contributed by atoms with van der Waals surface area (Å²) >= 11 is 0. The number of esters is 1. The van der Waals surface area contributed by atoms with Crippen molar-refractivity contribution in [3.63, 3.8) is 0 Å². The number of hydrogen-bond acceptors (Lipinski definition) is 5. The van der Waals surface area contributed by atoms with Crippen molar-refractivity contribution in [2.24, 2.45) is 0 Å². The molecule has 0 aliphatic heterocycles. The summed E-state index contributed by atoms with van der Waals surface area (Å²) < 4.78 is 30.5. The number of unbranched alkanes of at least 4 members (excludes halogenated alkanes) is 1. The van der Waals surface area contributed by atoms with Crippen molar-refractivity contribution >= 4 is 32.6 Å². The lowest BCUT2D eigenvalue weighted by molar-refractivity contribution is 0.0526. The lowest BCUT2D eigenvalue weighted by Gasteiger charge is -2.10. The summed E-state index contributed by atoms with van der Waals surface area (Å²) in [6, 6.07) is 19.8. The minimum absolute atomic E-state index is 0.302. The fourth-order valence-electron chi connectivity index (χ4n) is 5.09. The Bertz CT molecular complexity index is 1550. The lowest BCUT2D eigenvalue weighted by atomic mass is 9.99. The standard InChI is InChI=1S/C32H39N3O4S/c1-5-39-32(36)25-11-14-30-29(21-25)28(31(34-30)26-19-22(2)18-23(3)20-26)15-17-33-16-7-6-8-24-9-12-27(13-10-24)35-40(4,37)38/h9-14,18-21,33-35H,5-8,15-17H2,1-4H3. The second-order valence-corrected chi connectivity index (χ2v) is 12.1. The molecule has 0 bridgehead atoms. The molecule has 0 amide bonds. The van der Waals surface area contributed by atoms with Crippen molar-refractivity contribution in [2.45, 2.75) is 46.5 Å². The summed E-state index contributed by atoms with van der Waals surface area (Å²) in [5, 5.41) is 4.64. The summed E-state index contributed by atoms with van der Waals surface area (Å²) in [5.41, 5.74) is 9.22. The highest BCUT2D eigenvalue weighted by Gasteiger charge is 2.16. The van der Waals surface area contributed by atoms with Gasteiger partial charge in [-0.2, -0.15) is 0 Å². The van der Waals surface area contributed by atoms with E-state index in [0.717, 1.165) is 67.2 Å². The van der Waals surface area contributed by atoms with Crippen LogP contribution in [0.5, 0.6) is 0 Å². The second kappa shape index (κ2) is 13.2. The fraction of sp³-hybridized carbons (Fsp3) is 0.344. The smallest absolute Gasteiger partial charge is 0.338 e. The van der Waals surface area contributed by atoms with E-state index >= 15 is 0 Å². The van der Waals surface area contributed by atoms with E-state index in [1.54, 1.807) is 12.1 Å². The largest absolute Gasteiger partial charge is 0.462 e. The van der Waals surface area contributed by atoms with Gasteiger partial charge in [0.1, 0.15) is 0 Å². The molecule has 0 aliphatic carbocycles. The highest BCUT2D eigenvalue weighted by atomic mass is 32.2. The van der Waals surface area contributed by atoms with Crippen LogP contribution in [0.2, 0.25) is 0 Å². The Kier molecular flexibility index (Phi) is 9.66. The second-order valence-electron chi connectivity index (χ2n) is 10.4. The Morgan fingerprint density at radius 2 is 1.62 bits per heavy atom. The highest BCUT2D eigenvalue weighted by Crippen LogP contribution is 2.32. The van der Waals surface area contributed by atoms with E-state index in [1.807, 2.05) is 37.3 Å². The topological polar surface area (TPSA) is 100 Å². The average Bonchev–Trinajstić information content (AvgIpc) is 3.25. The molecule has 0 saturated heterocycles. The molecule has 7 nitrogen and oxygen atoms in total. The van der Waals surface area contributed by atoms with Crippen LogP contribution in [0.25, 0.3) is 22.2 Å². The van der Waals surface area contributed by atoms with Gasteiger partial charge in [0.15, 0.2) is 0 Å². The zero-order chi connectivity index (χ0) is 28.7. The maximum atomic E-state index is 12.4. The summed E-state index contributed by atoms with van der Waals surface area (Å²) in [6.07, 6.45) is 4.99. The van der Waals surface area contributed by atoms with Crippen LogP contribution in [-0.2, 0) is 27.6 Å². The summed E-state index contributed by atoms with van der Waals surface area (Å²) in [4.78, 5) is 16.0. The Balaban J connectivity index is 1.39. The van der Waals surface area contributed by atoms with Gasteiger partial charge in [-0.3, -0.25) is 4.72 Å². The predicted octanol–water partition coefficient (Wildman–Crippen LogP) is 6.15. The summed E-state index contributed by atoms with van der Waals surface area (Å²) in [7, 11) is -3.26. The molecule has 0 spiro atoms. The molecule has 0 unspecified atom stereocenters. The Morgan fingerprint density at radius 1 is 0.900 bits per heavy atom. The van der Waals surface area contributed by atoms with Crippen LogP contribution in [0.15, 0.2) is 60.7 Å². The molecular formula is C32H39N3O4S. The van der Waals surface area contributed by atoms with Gasteiger partial charge >= 0.3 is 5.97 Å². The van der Waals surface area contributed by atoms with E-state index in [4.69, 9.17) is 4.74 Å². The van der Waals surface area contributed by atoms with Crippen LogP contribution >= 0.6 is 0 Å². The number of hydrogen-bond donors (Lipinski definition) is 3. The van der Waals surface area contributed by atoms with Crippen molar-refractivity contribution < 1.29 is 17.9 Å². The van der Waals surface area contributed by atoms with Gasteiger partial charge in [0.2, 0.25) is 10.0 Å². The van der Waals surface area contributed by atoms with Gasteiger partial charge in [-0.05, 0) is 119 Å². The molecule has 4 rings (SSSR count). The van der Waals surface area contributed by atoms with Crippen molar-refractivity contribution in [2.75, 3.05) is 30.7 Å². The number of benzene rings is 3. The Hall–Kier alpha value is -3.62. The third-order valence-electron chi connectivity index (χ3n) is 6.81. The lowest BCUT2D eigenvalue weighted by Crippen LogP contribution is -2.18. The number of aryl methyl sites for hydroxylation is 3. The van der Waals surface area contributed by atoms with Crippen molar-refractivity contribution in [1.29, 1.82) is 0 Å². The zero-order valence-corrected chi connectivity index (χ0v) is 24.6. The maximum Gasteiger partial charge on any atom is 0.338 e. The first-order valence-corrected chi connectivity index (χ1v) is 15.7. The minimum Gasteiger partial charge on any atom is -0.462 e. The van der Waals surface area contributed by atoms with Gasteiger partial charge in [-0.1, -0.05) is 29.3 Å². The fourth-order valence-corrected chi connectivity index (χ4v) is 5.65. The Morgan fingerprint density at radius 3 is 2.30 bits per heavy atom. The van der Waals surface area contributed by atoms with Gasteiger partial charge in [-0.25, -0.2) is 13.2 Å². The van der Waals surface area contributed by atoms with Crippen LogP contribution in [0, 0.1) is 13.8 Å². The normalized spacial score (nSPS) is 11.6. The van der Waals surface area contributed by atoms with Crippen LogP contribution in [0.3, 0.4) is 0 Å². The molecule has 1 aromatic heterocycles. The number of aromatic nitrogens is 1. The number of aromatic amines is 1. The van der Waals surface area contributed by atoms with Gasteiger partial charge in [-0.15, -0.1) is 0 Å². The highest BCUT2D eigenvalue weighted by molar-refractivity contribution is 7.92. The number of carbonyl (C=O) groups excluding carboxylic acids is 1. The molecule has 8 heteroatoms. The quantitative estimate of drug-likeness (QED) is 0.134. The molecule has 3 N–H and O–H groups in total. The summed E-state index contributed by atoms with van der Waals surface area (Å²) in [6.45, 7) is 8.11. The minimum atomic E-state index is -3.26. The molecule has 0 radical (unpaired) electrons. The van der Waals surface area contributed by atoms with Crippen LogP contribution in [-0.4, -0.2) is 45.3 Å². The number of fused-ring (bicyclic) bond motifs is 1. The first-order chi connectivity index (χ1) is 19.1. The van der Waals surface area contributed by atoms with E-state index in [0.29, 0.717) is 17.9 Å². The van der Waals surface area contributed by atoms with Gasteiger partial charge in [0.25, 0.3) is 0 Å². The molecule has 40 heavy (non-hydrogen) atoms. The first kappa shape index (κ1) is 29.4. The van der Waals surface area contributed by atoms with Crippen molar-refractivity contribution in [3.05, 3.63) is 88.5 Å². The molecule has 1 heterocycles. The number of anilines is 1. The Labute approximate surface area is 237 Å². The SMILES string of the molecule is CCOC(=O)c1ccc2[nH]c(-c3cc(C)cc(C)c3)c(CCNCCCCc3ccc(NS(C)(=O)=O)cc3)c2c1. The van der Waals surface area contributed by atoms with Crippen LogP contribution in [0.4, 0.5) is 5.69 Å². The molecular weight excluding hydrogens is 522 g/mol. The van der Waals surface area contributed by atoms with Crippen molar-refractivity contribution in [1.82, 2.24) is 10.3 Å². The molecule has 212 valence electrons. The number of sulfonamides is 1. The molecule has 0 saturated carbocycles. The van der Waals surface area contributed by atoms with Crippen LogP contribution < -0.4 is 10.0 Å². The van der Waals surface area contributed by atoms with Crippen LogP contribution in [0.1, 0.15) is 52.4 Å².